The fraction of sp³-hybridized carbons (Fsp3) is 0.780. The monoisotopic (exact) mass is 917 g/mol. The predicted octanol–water partition coefficient (Wildman–Crippen LogP) is -3.29. The molecular weight excluding hydrogens is 841 g/mol. The van der Waals surface area contributed by atoms with Gasteiger partial charge in [0.05, 0.1) is 64.8 Å². The van der Waals surface area contributed by atoms with Gasteiger partial charge < -0.3 is 62.7 Å². The van der Waals surface area contributed by atoms with Gasteiger partial charge in [-0.1, -0.05) is 0 Å². The Balaban J connectivity index is 3.92. The molecule has 64 heavy (non-hydrogen) atoms. The average molecular weight is 917 g/mol. The summed E-state index contributed by atoms with van der Waals surface area (Å²) in [5, 5.41) is 19.3. The topological polar surface area (TPSA) is 353 Å². The molecule has 13 N–H and O–H groups in total. The van der Waals surface area contributed by atoms with Crippen molar-refractivity contribution in [2.24, 2.45) is 17.2 Å². The first kappa shape index (κ1) is 59.4. The van der Waals surface area contributed by atoms with Gasteiger partial charge in [-0.25, -0.2) is 0 Å². The lowest BCUT2D eigenvalue weighted by Crippen LogP contribution is -2.47. The summed E-state index contributed by atoms with van der Waals surface area (Å²) in [6.07, 6.45) is 5.46. The highest BCUT2D eigenvalue weighted by Crippen LogP contribution is 2.05. The van der Waals surface area contributed by atoms with Gasteiger partial charge in [-0.05, 0) is 84.6 Å². The molecule has 0 aliphatic heterocycles. The van der Waals surface area contributed by atoms with Crippen LogP contribution in [0.4, 0.5) is 0 Å². The van der Waals surface area contributed by atoms with Crippen LogP contribution in [-0.4, -0.2) is 170 Å². The molecule has 0 rings (SSSR count). The van der Waals surface area contributed by atoms with Crippen molar-refractivity contribution in [2.45, 2.75) is 109 Å². The number of nitrogens with two attached hydrogens (primary N) is 3. The van der Waals surface area contributed by atoms with Crippen LogP contribution in [0, 0.1) is 0 Å². The van der Waals surface area contributed by atoms with Crippen LogP contribution in [0.1, 0.15) is 90.9 Å². The minimum Gasteiger partial charge on any atom is -0.377 e. The van der Waals surface area contributed by atoms with Crippen LogP contribution in [-0.2, 0) is 62.1 Å². The Hall–Kier alpha value is -4.65. The Morgan fingerprint density at radius 2 is 0.875 bits per heavy atom. The molecule has 368 valence electrons. The molecule has 7 amide bonds. The predicted molar refractivity (Wildman–Crippen MR) is 235 cm³/mol. The van der Waals surface area contributed by atoms with Crippen molar-refractivity contribution in [3.05, 3.63) is 0 Å². The zero-order valence-electron chi connectivity index (χ0n) is 37.9. The second kappa shape index (κ2) is 39.9. The van der Waals surface area contributed by atoms with E-state index in [1.807, 2.05) is 0 Å². The van der Waals surface area contributed by atoms with E-state index >= 15 is 0 Å². The highest BCUT2D eigenvalue weighted by molar-refractivity contribution is 5.88. The van der Waals surface area contributed by atoms with Crippen LogP contribution >= 0.6 is 0 Å². The number of ketones is 2. The molecule has 23 heteroatoms. The summed E-state index contributed by atoms with van der Waals surface area (Å²) in [7, 11) is 0. The molecule has 0 spiro atoms. The number of Topliss-reactive ketones (excluding diaryl/α,β-unsaturated/α-hetero) is 2. The quantitative estimate of drug-likeness (QED) is 0.0268. The normalized spacial score (nSPS) is 12.4. The minimum atomic E-state index is -0.752. The number of carbonyl (C=O) groups excluding carboxylic acids is 9. The first-order chi connectivity index (χ1) is 30.7. The summed E-state index contributed by atoms with van der Waals surface area (Å²) in [6, 6.07) is -1.98. The molecule has 0 aliphatic rings. The zero-order valence-corrected chi connectivity index (χ0v) is 37.9. The zero-order chi connectivity index (χ0) is 47.8. The van der Waals surface area contributed by atoms with Crippen LogP contribution in [0.2, 0.25) is 0 Å². The summed E-state index contributed by atoms with van der Waals surface area (Å²) in [4.78, 5) is 107. The van der Waals surface area contributed by atoms with E-state index in [4.69, 9.17) is 36.1 Å². The van der Waals surface area contributed by atoms with Gasteiger partial charge in [0, 0.05) is 39.0 Å². The minimum absolute atomic E-state index is 0.0458. The summed E-state index contributed by atoms with van der Waals surface area (Å²) < 4.78 is 21.4. The van der Waals surface area contributed by atoms with Gasteiger partial charge in [0.2, 0.25) is 41.4 Å². The van der Waals surface area contributed by atoms with E-state index < -0.39 is 29.9 Å². The number of ether oxygens (including phenoxy) is 4. The highest BCUT2D eigenvalue weighted by Gasteiger charge is 2.21. The number of unbranched alkanes of at least 4 members (excludes halogenated alkanes) is 3. The SMILES string of the molecule is CC(=O)CN[C@@H](CCCCNC(=O)COCCOCCNC(=O)COCCOCCNC(=O)CCCC(=O)N[C@@H](CCCCN)C(=O)NCCCC[C@@H](NCC(C)=O)C(N)=O)C(N)=O. The lowest BCUT2D eigenvalue weighted by atomic mass is 10.1. The van der Waals surface area contributed by atoms with E-state index in [2.05, 4.69) is 37.2 Å². The Morgan fingerprint density at radius 1 is 0.453 bits per heavy atom. The van der Waals surface area contributed by atoms with Crippen LogP contribution in [0.3, 0.4) is 0 Å². The molecule has 0 aromatic rings. The third-order valence-electron chi connectivity index (χ3n) is 9.10. The fourth-order valence-electron chi connectivity index (χ4n) is 5.66. The first-order valence-corrected chi connectivity index (χ1v) is 22.1. The fourth-order valence-corrected chi connectivity index (χ4v) is 5.66. The average Bonchev–Trinajstić information content (AvgIpc) is 3.23. The standard InChI is InChI=1S/C41H76N10O13/c1-30(52)26-49-32(39(43)58)10-4-7-16-45-37(56)28-63-24-23-62-21-19-47-38(57)29-64-25-22-61-20-18-46-35(54)13-9-14-36(55)51-34(12-3-6-15-42)41(60)48-17-8-5-11-33(40(44)59)50-27-31(2)53/h32-34,49-50H,3-29,42H2,1-2H3,(H2,43,58)(H2,44,59)(H,45,56)(H,46,54)(H,47,57)(H,48,60)(H,51,55)/t32-,33+,34-/m0/s1. The summed E-state index contributed by atoms with van der Waals surface area (Å²) in [5.41, 5.74) is 16.3. The molecule has 0 saturated carbocycles. The van der Waals surface area contributed by atoms with E-state index in [0.717, 1.165) is 0 Å². The maximum absolute atomic E-state index is 12.8. The van der Waals surface area contributed by atoms with Gasteiger partial charge in [0.1, 0.15) is 30.8 Å². The Labute approximate surface area is 376 Å². The Bertz CT molecular complexity index is 1390. The first-order valence-electron chi connectivity index (χ1n) is 22.1. The lowest BCUT2D eigenvalue weighted by Gasteiger charge is -2.19. The van der Waals surface area contributed by atoms with Crippen molar-refractivity contribution in [2.75, 3.05) is 98.7 Å². The maximum atomic E-state index is 12.8. The molecule has 0 bridgehead atoms. The van der Waals surface area contributed by atoms with Crippen molar-refractivity contribution in [3.63, 3.8) is 0 Å². The van der Waals surface area contributed by atoms with Gasteiger partial charge >= 0.3 is 0 Å². The van der Waals surface area contributed by atoms with Crippen LogP contribution in [0.5, 0.6) is 0 Å². The summed E-state index contributed by atoms with van der Waals surface area (Å²) in [6.45, 7) is 5.57. The number of primary amides is 2. The van der Waals surface area contributed by atoms with Crippen molar-refractivity contribution >= 4 is 52.9 Å². The number of rotatable bonds is 44. The molecule has 0 aromatic heterocycles. The molecule has 0 radical (unpaired) electrons. The van der Waals surface area contributed by atoms with Crippen molar-refractivity contribution in [1.82, 2.24) is 37.2 Å². The van der Waals surface area contributed by atoms with Gasteiger partial charge in [-0.3, -0.25) is 53.8 Å². The van der Waals surface area contributed by atoms with Gasteiger partial charge in [-0.2, -0.15) is 0 Å². The van der Waals surface area contributed by atoms with Gasteiger partial charge in [0.15, 0.2) is 0 Å². The largest absolute Gasteiger partial charge is 0.377 e. The summed E-state index contributed by atoms with van der Waals surface area (Å²) >= 11 is 0. The van der Waals surface area contributed by atoms with E-state index in [-0.39, 0.29) is 139 Å². The molecule has 0 heterocycles. The molecule has 0 fully saturated rings. The number of hydrogen-bond acceptors (Lipinski definition) is 16. The van der Waals surface area contributed by atoms with E-state index in [9.17, 15) is 43.2 Å². The molecular formula is C41H76N10O13. The van der Waals surface area contributed by atoms with Crippen LogP contribution in [0.15, 0.2) is 0 Å². The van der Waals surface area contributed by atoms with E-state index in [1.165, 1.54) is 13.8 Å². The molecule has 0 saturated heterocycles. The van der Waals surface area contributed by atoms with Crippen LogP contribution in [0.25, 0.3) is 0 Å². The number of nitrogens with one attached hydrogen (secondary N) is 7. The molecule has 3 atom stereocenters. The van der Waals surface area contributed by atoms with Gasteiger partial charge in [-0.15, -0.1) is 0 Å². The number of hydrogen-bond donors (Lipinski definition) is 10. The Morgan fingerprint density at radius 3 is 1.36 bits per heavy atom. The van der Waals surface area contributed by atoms with E-state index in [1.54, 1.807) is 0 Å². The molecule has 0 unspecified atom stereocenters. The smallest absolute Gasteiger partial charge is 0.246 e. The molecule has 23 nitrogen and oxygen atoms in total. The number of amides is 7. The number of carbonyl (C=O) groups is 9. The lowest BCUT2D eigenvalue weighted by molar-refractivity contribution is -0.129. The maximum Gasteiger partial charge on any atom is 0.246 e. The van der Waals surface area contributed by atoms with Crippen LogP contribution < -0.4 is 54.4 Å². The second-order valence-corrected chi connectivity index (χ2v) is 15.0. The summed E-state index contributed by atoms with van der Waals surface area (Å²) in [5.74, 6) is -2.84. The van der Waals surface area contributed by atoms with Gasteiger partial charge in [0.25, 0.3) is 0 Å². The highest BCUT2D eigenvalue weighted by atomic mass is 16.5. The van der Waals surface area contributed by atoms with Crippen molar-refractivity contribution < 1.29 is 62.1 Å². The van der Waals surface area contributed by atoms with Crippen molar-refractivity contribution in [1.29, 1.82) is 0 Å². The third-order valence-corrected chi connectivity index (χ3v) is 9.10. The van der Waals surface area contributed by atoms with E-state index in [0.29, 0.717) is 77.4 Å². The molecule has 0 aromatic carbocycles. The third kappa shape index (κ3) is 36.8. The molecule has 0 aliphatic carbocycles. The van der Waals surface area contributed by atoms with Crippen molar-refractivity contribution in [3.8, 4) is 0 Å². The Kier molecular flexibility index (Phi) is 37.0. The second-order valence-electron chi connectivity index (χ2n) is 15.0.